The molecule has 16 heavy (non-hydrogen) atoms. The summed E-state index contributed by atoms with van der Waals surface area (Å²) in [5.74, 6) is -0.201. The largest absolute Gasteiger partial charge is 0.394 e. The van der Waals surface area contributed by atoms with Crippen LogP contribution in [0.5, 0.6) is 0 Å². The minimum absolute atomic E-state index is 0.108. The number of nitrogens with one attached hydrogen (secondary N) is 1. The van der Waals surface area contributed by atoms with Crippen LogP contribution in [-0.2, 0) is 14.3 Å². The normalized spacial score (nSPS) is 34.8. The highest BCUT2D eigenvalue weighted by atomic mass is 16.7. The standard InChI is InChI=1S/C10H19NO5/c1-6-9(14)5-8(11-7(2)13)10(16-6)15-4-3-12/h6,8-10,12,14H,3-5H2,1-2H3,(H,11,13). The first-order valence-corrected chi connectivity index (χ1v) is 5.37. The van der Waals surface area contributed by atoms with Gasteiger partial charge in [0.05, 0.1) is 31.5 Å². The average Bonchev–Trinajstić information content (AvgIpc) is 2.20. The van der Waals surface area contributed by atoms with Crippen LogP contribution >= 0.6 is 0 Å². The van der Waals surface area contributed by atoms with Gasteiger partial charge in [0.2, 0.25) is 5.91 Å². The molecule has 1 rings (SSSR count). The third kappa shape index (κ3) is 3.71. The molecular weight excluding hydrogens is 214 g/mol. The van der Waals surface area contributed by atoms with Crippen LogP contribution in [0, 0.1) is 0 Å². The Balaban J connectivity index is 2.56. The first-order valence-electron chi connectivity index (χ1n) is 5.37. The minimum atomic E-state index is -0.620. The third-order valence-electron chi connectivity index (χ3n) is 2.48. The summed E-state index contributed by atoms with van der Waals surface area (Å²) in [5, 5.41) is 20.9. The van der Waals surface area contributed by atoms with Crippen molar-refractivity contribution in [1.29, 1.82) is 0 Å². The summed E-state index contributed by atoms with van der Waals surface area (Å²) in [5.41, 5.74) is 0. The maximum atomic E-state index is 11.0. The van der Waals surface area contributed by atoms with E-state index in [4.69, 9.17) is 14.6 Å². The predicted molar refractivity (Wildman–Crippen MR) is 55.6 cm³/mol. The molecule has 1 aliphatic rings. The molecule has 4 atom stereocenters. The molecule has 6 heteroatoms. The zero-order chi connectivity index (χ0) is 12.1. The first-order chi connectivity index (χ1) is 7.54. The molecule has 0 bridgehead atoms. The van der Waals surface area contributed by atoms with Crippen molar-refractivity contribution in [3.63, 3.8) is 0 Å². The van der Waals surface area contributed by atoms with Crippen molar-refractivity contribution in [2.75, 3.05) is 13.2 Å². The quantitative estimate of drug-likeness (QED) is 0.579. The minimum Gasteiger partial charge on any atom is -0.394 e. The fraction of sp³-hybridized carbons (Fsp3) is 0.900. The Labute approximate surface area is 94.5 Å². The zero-order valence-corrected chi connectivity index (χ0v) is 9.55. The molecule has 1 amide bonds. The molecule has 0 spiro atoms. The average molecular weight is 233 g/mol. The van der Waals surface area contributed by atoms with E-state index in [1.165, 1.54) is 6.92 Å². The Hall–Kier alpha value is -0.690. The Kier molecular flexibility index (Phi) is 5.14. The van der Waals surface area contributed by atoms with Crippen molar-refractivity contribution in [2.24, 2.45) is 0 Å². The summed E-state index contributed by atoms with van der Waals surface area (Å²) >= 11 is 0. The van der Waals surface area contributed by atoms with E-state index in [-0.39, 0.29) is 31.3 Å². The second-order valence-electron chi connectivity index (χ2n) is 3.91. The summed E-state index contributed by atoms with van der Waals surface area (Å²) < 4.78 is 10.7. The maximum Gasteiger partial charge on any atom is 0.217 e. The molecule has 94 valence electrons. The van der Waals surface area contributed by atoms with Crippen molar-refractivity contribution >= 4 is 5.91 Å². The number of hydrogen-bond acceptors (Lipinski definition) is 5. The molecule has 1 saturated heterocycles. The van der Waals surface area contributed by atoms with Gasteiger partial charge in [0.1, 0.15) is 0 Å². The van der Waals surface area contributed by atoms with Crippen LogP contribution in [-0.4, -0.2) is 53.9 Å². The topological polar surface area (TPSA) is 88.0 Å². The van der Waals surface area contributed by atoms with Crippen LogP contribution in [0.1, 0.15) is 20.3 Å². The monoisotopic (exact) mass is 233 g/mol. The Bertz CT molecular complexity index is 235. The van der Waals surface area contributed by atoms with E-state index in [0.717, 1.165) is 0 Å². The van der Waals surface area contributed by atoms with E-state index in [0.29, 0.717) is 6.42 Å². The third-order valence-corrected chi connectivity index (χ3v) is 2.48. The molecule has 1 fully saturated rings. The van der Waals surface area contributed by atoms with E-state index in [1.807, 2.05) is 0 Å². The first kappa shape index (κ1) is 13.4. The number of ether oxygens (including phenoxy) is 2. The fourth-order valence-electron chi connectivity index (χ4n) is 1.67. The second-order valence-corrected chi connectivity index (χ2v) is 3.91. The molecule has 0 aromatic heterocycles. The van der Waals surface area contributed by atoms with Gasteiger partial charge in [0.15, 0.2) is 6.29 Å². The molecule has 1 aliphatic heterocycles. The van der Waals surface area contributed by atoms with Crippen LogP contribution in [0.3, 0.4) is 0 Å². The highest BCUT2D eigenvalue weighted by Gasteiger charge is 2.35. The van der Waals surface area contributed by atoms with Crippen molar-refractivity contribution in [1.82, 2.24) is 5.32 Å². The molecule has 0 aromatic carbocycles. The van der Waals surface area contributed by atoms with Crippen LogP contribution < -0.4 is 5.32 Å². The Morgan fingerprint density at radius 1 is 1.62 bits per heavy atom. The lowest BCUT2D eigenvalue weighted by atomic mass is 10.0. The van der Waals surface area contributed by atoms with Gasteiger partial charge in [-0.05, 0) is 6.92 Å². The van der Waals surface area contributed by atoms with Gasteiger partial charge in [0.25, 0.3) is 0 Å². The van der Waals surface area contributed by atoms with E-state index in [1.54, 1.807) is 6.92 Å². The molecule has 4 unspecified atom stereocenters. The number of amides is 1. The van der Waals surface area contributed by atoms with E-state index in [2.05, 4.69) is 5.32 Å². The fourth-order valence-corrected chi connectivity index (χ4v) is 1.67. The number of aliphatic hydroxyl groups is 2. The molecule has 0 radical (unpaired) electrons. The molecule has 0 aromatic rings. The van der Waals surface area contributed by atoms with Gasteiger partial charge in [-0.3, -0.25) is 4.79 Å². The number of rotatable bonds is 4. The smallest absolute Gasteiger partial charge is 0.217 e. The van der Waals surface area contributed by atoms with Crippen molar-refractivity contribution in [3.05, 3.63) is 0 Å². The number of carbonyl (C=O) groups excluding carboxylic acids is 1. The van der Waals surface area contributed by atoms with Crippen LogP contribution in [0.2, 0.25) is 0 Å². The van der Waals surface area contributed by atoms with Crippen LogP contribution in [0.25, 0.3) is 0 Å². The summed E-state index contributed by atoms with van der Waals surface area (Å²) in [6.45, 7) is 3.17. The highest BCUT2D eigenvalue weighted by Crippen LogP contribution is 2.20. The second kappa shape index (κ2) is 6.15. The van der Waals surface area contributed by atoms with Gasteiger partial charge in [0, 0.05) is 13.3 Å². The van der Waals surface area contributed by atoms with Gasteiger partial charge < -0.3 is 25.0 Å². The van der Waals surface area contributed by atoms with E-state index >= 15 is 0 Å². The van der Waals surface area contributed by atoms with Gasteiger partial charge in [-0.25, -0.2) is 0 Å². The van der Waals surface area contributed by atoms with Crippen molar-refractivity contribution in [3.8, 4) is 0 Å². The maximum absolute atomic E-state index is 11.0. The number of aliphatic hydroxyl groups excluding tert-OH is 2. The van der Waals surface area contributed by atoms with E-state index < -0.39 is 12.4 Å². The van der Waals surface area contributed by atoms with Crippen LogP contribution in [0.4, 0.5) is 0 Å². The summed E-state index contributed by atoms with van der Waals surface area (Å²) in [7, 11) is 0. The molecule has 0 saturated carbocycles. The molecular formula is C10H19NO5. The van der Waals surface area contributed by atoms with Gasteiger partial charge in [-0.1, -0.05) is 0 Å². The van der Waals surface area contributed by atoms with Crippen molar-refractivity contribution in [2.45, 2.75) is 44.8 Å². The summed E-state index contributed by atoms with van der Waals surface area (Å²) in [4.78, 5) is 11.0. The van der Waals surface area contributed by atoms with E-state index in [9.17, 15) is 9.90 Å². The summed E-state index contributed by atoms with van der Waals surface area (Å²) in [6.07, 6.45) is -1.19. The van der Waals surface area contributed by atoms with Crippen LogP contribution in [0.15, 0.2) is 0 Å². The summed E-state index contributed by atoms with van der Waals surface area (Å²) in [6, 6.07) is -0.379. The van der Waals surface area contributed by atoms with Gasteiger partial charge in [-0.2, -0.15) is 0 Å². The molecule has 0 aliphatic carbocycles. The molecule has 1 heterocycles. The Morgan fingerprint density at radius 3 is 2.88 bits per heavy atom. The number of hydrogen-bond donors (Lipinski definition) is 3. The Morgan fingerprint density at radius 2 is 2.31 bits per heavy atom. The predicted octanol–water partition coefficient (Wildman–Crippen LogP) is -1.00. The number of carbonyl (C=O) groups is 1. The lowest BCUT2D eigenvalue weighted by Gasteiger charge is -2.38. The highest BCUT2D eigenvalue weighted by molar-refractivity contribution is 5.73. The lowest BCUT2D eigenvalue weighted by Crippen LogP contribution is -2.54. The van der Waals surface area contributed by atoms with Gasteiger partial charge in [-0.15, -0.1) is 0 Å². The SMILES string of the molecule is CC(=O)NC1CC(O)C(C)OC1OCCO. The molecule has 6 nitrogen and oxygen atoms in total. The zero-order valence-electron chi connectivity index (χ0n) is 9.55. The van der Waals surface area contributed by atoms with Gasteiger partial charge >= 0.3 is 0 Å². The lowest BCUT2D eigenvalue weighted by molar-refractivity contribution is -0.232. The molecule has 3 N–H and O–H groups in total. The van der Waals surface area contributed by atoms with Crippen molar-refractivity contribution < 1.29 is 24.5 Å².